The SMILES string of the molecule is C=C(C#N)c1ccn(C(=O)OC(C)(C)C)c1. The molecule has 4 heteroatoms. The van der Waals surface area contributed by atoms with Crippen molar-refractivity contribution in [3.8, 4) is 6.07 Å². The molecule has 0 aliphatic heterocycles. The molecule has 1 aromatic heterocycles. The van der Waals surface area contributed by atoms with Gasteiger partial charge in [-0.2, -0.15) is 5.26 Å². The molecule has 0 fully saturated rings. The highest BCUT2D eigenvalue weighted by Crippen LogP contribution is 2.14. The normalized spacial score (nSPS) is 10.6. The van der Waals surface area contributed by atoms with Crippen molar-refractivity contribution < 1.29 is 9.53 Å². The lowest BCUT2D eigenvalue weighted by atomic mass is 10.2. The molecule has 1 rings (SSSR count). The summed E-state index contributed by atoms with van der Waals surface area (Å²) in [7, 11) is 0. The van der Waals surface area contributed by atoms with Crippen LogP contribution in [0.25, 0.3) is 5.57 Å². The molecule has 0 radical (unpaired) electrons. The summed E-state index contributed by atoms with van der Waals surface area (Å²) in [4.78, 5) is 11.6. The van der Waals surface area contributed by atoms with E-state index in [4.69, 9.17) is 10.00 Å². The molecule has 0 saturated carbocycles. The summed E-state index contributed by atoms with van der Waals surface area (Å²) in [5, 5.41) is 8.65. The Balaban J connectivity index is 2.84. The molecule has 0 atom stereocenters. The first kappa shape index (κ1) is 12.1. The van der Waals surface area contributed by atoms with Gasteiger partial charge in [0, 0.05) is 18.0 Å². The monoisotopic (exact) mass is 218 g/mol. The van der Waals surface area contributed by atoms with Gasteiger partial charge in [0.25, 0.3) is 0 Å². The lowest BCUT2D eigenvalue weighted by Gasteiger charge is -2.19. The van der Waals surface area contributed by atoms with E-state index in [1.54, 1.807) is 33.0 Å². The minimum absolute atomic E-state index is 0.322. The zero-order chi connectivity index (χ0) is 12.3. The summed E-state index contributed by atoms with van der Waals surface area (Å²) < 4.78 is 6.46. The standard InChI is InChI=1S/C12H14N2O2/c1-9(7-13)10-5-6-14(8-10)11(15)16-12(2,3)4/h5-6,8H,1H2,2-4H3. The van der Waals surface area contributed by atoms with Crippen LogP contribution in [-0.2, 0) is 4.74 Å². The molecule has 1 heterocycles. The summed E-state index contributed by atoms with van der Waals surface area (Å²) in [6.07, 6.45) is 2.61. The Bertz CT molecular complexity index is 458. The van der Waals surface area contributed by atoms with Gasteiger partial charge in [-0.1, -0.05) is 6.58 Å². The highest BCUT2D eigenvalue weighted by atomic mass is 16.6. The fraction of sp³-hybridized carbons (Fsp3) is 0.333. The number of allylic oxidation sites excluding steroid dienone is 1. The van der Waals surface area contributed by atoms with Crippen LogP contribution in [0.1, 0.15) is 26.3 Å². The maximum atomic E-state index is 11.6. The number of ether oxygens (including phenoxy) is 1. The van der Waals surface area contributed by atoms with Gasteiger partial charge in [0.05, 0.1) is 11.6 Å². The molecule has 4 nitrogen and oxygen atoms in total. The molecule has 0 aliphatic carbocycles. The van der Waals surface area contributed by atoms with Crippen LogP contribution in [0.5, 0.6) is 0 Å². The van der Waals surface area contributed by atoms with Gasteiger partial charge in [0.2, 0.25) is 0 Å². The summed E-state index contributed by atoms with van der Waals surface area (Å²) in [5.74, 6) is 0. The Labute approximate surface area is 94.7 Å². The van der Waals surface area contributed by atoms with E-state index in [9.17, 15) is 4.79 Å². The number of rotatable bonds is 1. The zero-order valence-corrected chi connectivity index (χ0v) is 9.65. The Morgan fingerprint density at radius 3 is 2.69 bits per heavy atom. The Morgan fingerprint density at radius 2 is 2.19 bits per heavy atom. The maximum absolute atomic E-state index is 11.6. The summed E-state index contributed by atoms with van der Waals surface area (Å²) in [5.41, 5.74) is 0.406. The first-order valence-electron chi connectivity index (χ1n) is 4.84. The summed E-state index contributed by atoms with van der Waals surface area (Å²) in [6.45, 7) is 8.95. The molecule has 0 N–H and O–H groups in total. The van der Waals surface area contributed by atoms with Crippen molar-refractivity contribution in [2.75, 3.05) is 0 Å². The third-order valence-corrected chi connectivity index (χ3v) is 1.78. The van der Waals surface area contributed by atoms with Crippen molar-refractivity contribution in [2.45, 2.75) is 26.4 Å². The minimum Gasteiger partial charge on any atom is -0.443 e. The predicted molar refractivity (Wildman–Crippen MR) is 60.7 cm³/mol. The van der Waals surface area contributed by atoms with Crippen molar-refractivity contribution in [1.82, 2.24) is 4.57 Å². The highest BCUT2D eigenvalue weighted by Gasteiger charge is 2.17. The first-order valence-corrected chi connectivity index (χ1v) is 4.84. The van der Waals surface area contributed by atoms with Crippen molar-refractivity contribution in [3.63, 3.8) is 0 Å². The number of hydrogen-bond acceptors (Lipinski definition) is 3. The second-order valence-corrected chi connectivity index (χ2v) is 4.38. The first-order chi connectivity index (χ1) is 7.33. The smallest absolute Gasteiger partial charge is 0.418 e. The largest absolute Gasteiger partial charge is 0.443 e. The average molecular weight is 218 g/mol. The van der Waals surface area contributed by atoms with Crippen molar-refractivity contribution >= 4 is 11.7 Å². The van der Waals surface area contributed by atoms with E-state index in [-0.39, 0.29) is 0 Å². The van der Waals surface area contributed by atoms with Crippen LogP contribution in [0, 0.1) is 11.3 Å². The third kappa shape index (κ3) is 2.99. The average Bonchev–Trinajstić information content (AvgIpc) is 2.62. The number of hydrogen-bond donors (Lipinski definition) is 0. The number of carbonyl (C=O) groups excluding carboxylic acids is 1. The number of nitrogens with zero attached hydrogens (tertiary/aromatic N) is 2. The van der Waals surface area contributed by atoms with Gasteiger partial charge in [-0.05, 0) is 26.8 Å². The zero-order valence-electron chi connectivity index (χ0n) is 9.65. The molecule has 0 bridgehead atoms. The Morgan fingerprint density at radius 1 is 1.56 bits per heavy atom. The van der Waals surface area contributed by atoms with E-state index in [1.165, 1.54) is 10.8 Å². The van der Waals surface area contributed by atoms with Gasteiger partial charge in [0.1, 0.15) is 5.60 Å². The van der Waals surface area contributed by atoms with Crippen LogP contribution < -0.4 is 0 Å². The van der Waals surface area contributed by atoms with E-state index in [0.717, 1.165) is 0 Å². The van der Waals surface area contributed by atoms with Crippen LogP contribution in [-0.4, -0.2) is 16.3 Å². The number of nitriles is 1. The lowest BCUT2D eigenvalue weighted by molar-refractivity contribution is 0.0537. The second kappa shape index (κ2) is 4.23. The fourth-order valence-electron chi connectivity index (χ4n) is 1.07. The molecule has 1 aromatic rings. The van der Waals surface area contributed by atoms with Crippen LogP contribution in [0.4, 0.5) is 4.79 Å². The van der Waals surface area contributed by atoms with Gasteiger partial charge >= 0.3 is 6.09 Å². The van der Waals surface area contributed by atoms with Crippen molar-refractivity contribution in [1.29, 1.82) is 5.26 Å². The number of aromatic nitrogens is 1. The minimum atomic E-state index is -0.534. The molecule has 0 spiro atoms. The molecule has 0 aliphatic rings. The molecule has 0 unspecified atom stereocenters. The van der Waals surface area contributed by atoms with E-state index in [2.05, 4.69) is 6.58 Å². The van der Waals surface area contributed by atoms with Crippen molar-refractivity contribution in [3.05, 3.63) is 30.6 Å². The van der Waals surface area contributed by atoms with E-state index in [0.29, 0.717) is 11.1 Å². The van der Waals surface area contributed by atoms with Gasteiger partial charge in [-0.3, -0.25) is 4.57 Å². The third-order valence-electron chi connectivity index (χ3n) is 1.78. The molecule has 0 aromatic carbocycles. The Kier molecular flexibility index (Phi) is 3.19. The van der Waals surface area contributed by atoms with E-state index >= 15 is 0 Å². The van der Waals surface area contributed by atoms with E-state index in [1.807, 2.05) is 6.07 Å². The quantitative estimate of drug-likeness (QED) is 0.681. The van der Waals surface area contributed by atoms with Crippen LogP contribution in [0.15, 0.2) is 25.0 Å². The summed E-state index contributed by atoms with van der Waals surface area (Å²) in [6, 6.07) is 3.57. The molecular weight excluding hydrogens is 204 g/mol. The molecule has 0 saturated heterocycles. The van der Waals surface area contributed by atoms with Crippen molar-refractivity contribution in [2.24, 2.45) is 0 Å². The van der Waals surface area contributed by atoms with Gasteiger partial charge in [-0.15, -0.1) is 0 Å². The van der Waals surface area contributed by atoms with Gasteiger partial charge in [0.15, 0.2) is 0 Å². The predicted octanol–water partition coefficient (Wildman–Crippen LogP) is 2.81. The molecule has 16 heavy (non-hydrogen) atoms. The highest BCUT2D eigenvalue weighted by molar-refractivity contribution is 5.78. The van der Waals surface area contributed by atoms with Crippen LogP contribution in [0.2, 0.25) is 0 Å². The Hall–Kier alpha value is -2.02. The second-order valence-electron chi connectivity index (χ2n) is 4.38. The fourth-order valence-corrected chi connectivity index (χ4v) is 1.07. The molecule has 84 valence electrons. The molecular formula is C12H14N2O2. The maximum Gasteiger partial charge on any atom is 0.418 e. The van der Waals surface area contributed by atoms with Crippen LogP contribution >= 0.6 is 0 Å². The van der Waals surface area contributed by atoms with E-state index < -0.39 is 11.7 Å². The number of carbonyl (C=O) groups is 1. The van der Waals surface area contributed by atoms with Gasteiger partial charge in [-0.25, -0.2) is 4.79 Å². The molecule has 0 amide bonds. The topological polar surface area (TPSA) is 55.0 Å². The van der Waals surface area contributed by atoms with Gasteiger partial charge < -0.3 is 4.74 Å². The van der Waals surface area contributed by atoms with Crippen LogP contribution in [0.3, 0.4) is 0 Å². The lowest BCUT2D eigenvalue weighted by Crippen LogP contribution is -2.26. The summed E-state index contributed by atoms with van der Waals surface area (Å²) >= 11 is 0.